The number of carbonyl (C=O) groups excluding carboxylic acids is 1. The number of rotatable bonds is 3. The molecule has 23 heavy (non-hydrogen) atoms. The Hall–Kier alpha value is -1.99. The molecule has 0 spiro atoms. The average molecular weight is 339 g/mol. The zero-order chi connectivity index (χ0) is 16.6. The van der Waals surface area contributed by atoms with Crippen LogP contribution in [0, 0.1) is 18.7 Å². The number of aromatic nitrogens is 3. The van der Waals surface area contributed by atoms with Gasteiger partial charge in [-0.25, -0.2) is 9.07 Å². The first-order valence-electron chi connectivity index (χ1n) is 7.29. The summed E-state index contributed by atoms with van der Waals surface area (Å²) >= 11 is 5.79. The quantitative estimate of drug-likeness (QED) is 0.926. The molecule has 1 fully saturated rings. The Bertz CT molecular complexity index is 749. The van der Waals surface area contributed by atoms with Gasteiger partial charge in [0.05, 0.1) is 16.4 Å². The fourth-order valence-electron chi connectivity index (χ4n) is 2.70. The van der Waals surface area contributed by atoms with Gasteiger partial charge >= 0.3 is 0 Å². The molecule has 1 amide bonds. The number of amides is 1. The van der Waals surface area contributed by atoms with Crippen molar-refractivity contribution in [3.8, 4) is 5.69 Å². The molecule has 0 radical (unpaired) electrons. The maximum absolute atomic E-state index is 13.3. The molecule has 6 nitrogen and oxygen atoms in total. The lowest BCUT2D eigenvalue weighted by molar-refractivity contribution is 0.0775. The molecule has 0 saturated carbocycles. The van der Waals surface area contributed by atoms with Crippen LogP contribution in [-0.2, 0) is 0 Å². The van der Waals surface area contributed by atoms with Gasteiger partial charge in [-0.3, -0.25) is 4.79 Å². The largest absolute Gasteiger partial charge is 0.396 e. The average Bonchev–Trinajstić information content (AvgIpc) is 3.16. The summed E-state index contributed by atoms with van der Waals surface area (Å²) in [5.74, 6) is -0.611. The van der Waals surface area contributed by atoms with Gasteiger partial charge in [0, 0.05) is 25.6 Å². The lowest BCUT2D eigenvalue weighted by Gasteiger charge is -2.14. The molecule has 122 valence electrons. The number of halogens is 2. The molecule has 1 aliphatic heterocycles. The number of hydrogen-bond acceptors (Lipinski definition) is 4. The van der Waals surface area contributed by atoms with Crippen molar-refractivity contribution in [1.82, 2.24) is 19.9 Å². The van der Waals surface area contributed by atoms with Crippen LogP contribution in [-0.4, -0.2) is 50.6 Å². The lowest BCUT2D eigenvalue weighted by Crippen LogP contribution is -2.30. The number of aliphatic hydroxyl groups is 1. The smallest absolute Gasteiger partial charge is 0.276 e. The highest BCUT2D eigenvalue weighted by Gasteiger charge is 2.29. The van der Waals surface area contributed by atoms with Crippen molar-refractivity contribution in [3.05, 3.63) is 40.4 Å². The highest BCUT2D eigenvalue weighted by molar-refractivity contribution is 6.30. The van der Waals surface area contributed by atoms with E-state index < -0.39 is 5.82 Å². The van der Waals surface area contributed by atoms with Crippen LogP contribution < -0.4 is 0 Å². The van der Waals surface area contributed by atoms with E-state index in [2.05, 4.69) is 10.3 Å². The van der Waals surface area contributed by atoms with E-state index >= 15 is 0 Å². The normalized spacial score (nSPS) is 17.7. The van der Waals surface area contributed by atoms with Gasteiger partial charge in [-0.05, 0) is 31.5 Å². The fourth-order valence-corrected chi connectivity index (χ4v) is 2.88. The van der Waals surface area contributed by atoms with Gasteiger partial charge in [0.1, 0.15) is 5.82 Å². The third kappa shape index (κ3) is 2.94. The van der Waals surface area contributed by atoms with Crippen LogP contribution in [0.3, 0.4) is 0 Å². The summed E-state index contributed by atoms with van der Waals surface area (Å²) < 4.78 is 14.7. The van der Waals surface area contributed by atoms with Gasteiger partial charge in [-0.15, -0.1) is 5.10 Å². The van der Waals surface area contributed by atoms with Gasteiger partial charge in [0.2, 0.25) is 0 Å². The number of carbonyl (C=O) groups is 1. The molecule has 2 aromatic rings. The Morgan fingerprint density at radius 2 is 2.30 bits per heavy atom. The third-order valence-corrected chi connectivity index (χ3v) is 4.37. The summed E-state index contributed by atoms with van der Waals surface area (Å²) in [7, 11) is 0. The molecular weight excluding hydrogens is 323 g/mol. The summed E-state index contributed by atoms with van der Waals surface area (Å²) in [6.45, 7) is 2.91. The van der Waals surface area contributed by atoms with Gasteiger partial charge in [-0.1, -0.05) is 16.8 Å². The predicted octanol–water partition coefficient (Wildman–Crippen LogP) is 1.82. The second-order valence-corrected chi connectivity index (χ2v) is 6.03. The van der Waals surface area contributed by atoms with Crippen molar-refractivity contribution in [2.75, 3.05) is 19.7 Å². The first-order valence-corrected chi connectivity index (χ1v) is 7.67. The minimum Gasteiger partial charge on any atom is -0.396 e. The fraction of sp³-hybridized carbons (Fsp3) is 0.400. The molecule has 0 aliphatic carbocycles. The SMILES string of the molecule is Cc1c(C(=O)N2CCC(CO)C2)nnn1-c1ccc(F)c(Cl)c1. The first kappa shape index (κ1) is 15.9. The van der Waals surface area contributed by atoms with E-state index in [1.54, 1.807) is 11.8 Å². The zero-order valence-electron chi connectivity index (χ0n) is 12.5. The molecule has 1 aliphatic rings. The van der Waals surface area contributed by atoms with E-state index in [-0.39, 0.29) is 29.1 Å². The number of likely N-dealkylation sites (tertiary alicyclic amines) is 1. The van der Waals surface area contributed by atoms with Crippen LogP contribution in [0.2, 0.25) is 5.02 Å². The van der Waals surface area contributed by atoms with Crippen LogP contribution in [0.4, 0.5) is 4.39 Å². The molecule has 1 aromatic heterocycles. The minimum absolute atomic E-state index is 0.0180. The maximum Gasteiger partial charge on any atom is 0.276 e. The topological polar surface area (TPSA) is 71.2 Å². The molecule has 0 bridgehead atoms. The molecule has 1 saturated heterocycles. The Balaban J connectivity index is 1.87. The van der Waals surface area contributed by atoms with E-state index in [0.717, 1.165) is 6.42 Å². The monoisotopic (exact) mass is 338 g/mol. The minimum atomic E-state index is -0.517. The molecule has 2 heterocycles. The molecule has 3 rings (SSSR count). The van der Waals surface area contributed by atoms with Crippen LogP contribution in [0.1, 0.15) is 22.6 Å². The molecule has 1 unspecified atom stereocenters. The van der Waals surface area contributed by atoms with Gasteiger partial charge in [0.15, 0.2) is 5.69 Å². The Morgan fingerprint density at radius 1 is 1.52 bits per heavy atom. The Labute approximate surface area is 137 Å². The number of hydrogen-bond donors (Lipinski definition) is 1. The van der Waals surface area contributed by atoms with Gasteiger partial charge in [0.25, 0.3) is 5.91 Å². The molecule has 8 heteroatoms. The van der Waals surface area contributed by atoms with Gasteiger partial charge < -0.3 is 10.0 Å². The standard InChI is InChI=1S/C15H16ClFN4O2/c1-9-14(15(23)20-5-4-10(7-20)8-22)18-19-21(9)11-2-3-13(17)12(16)6-11/h2-3,6,10,22H,4-5,7-8H2,1H3. The second-order valence-electron chi connectivity index (χ2n) is 5.62. The Morgan fingerprint density at radius 3 is 2.96 bits per heavy atom. The number of benzene rings is 1. The highest BCUT2D eigenvalue weighted by atomic mass is 35.5. The van der Waals surface area contributed by atoms with Crippen molar-refractivity contribution in [1.29, 1.82) is 0 Å². The van der Waals surface area contributed by atoms with E-state index in [1.807, 2.05) is 0 Å². The van der Waals surface area contributed by atoms with Crippen LogP contribution in [0.15, 0.2) is 18.2 Å². The zero-order valence-corrected chi connectivity index (χ0v) is 13.3. The van der Waals surface area contributed by atoms with E-state index in [1.165, 1.54) is 22.9 Å². The summed E-state index contributed by atoms with van der Waals surface area (Å²) in [6, 6.07) is 4.20. The van der Waals surface area contributed by atoms with Crippen LogP contribution >= 0.6 is 11.6 Å². The molecule has 1 N–H and O–H groups in total. The molecule has 1 aromatic carbocycles. The maximum atomic E-state index is 13.3. The van der Waals surface area contributed by atoms with E-state index in [4.69, 9.17) is 11.6 Å². The summed E-state index contributed by atoms with van der Waals surface area (Å²) in [6.07, 6.45) is 0.781. The summed E-state index contributed by atoms with van der Waals surface area (Å²) in [5.41, 5.74) is 1.35. The van der Waals surface area contributed by atoms with Crippen molar-refractivity contribution < 1.29 is 14.3 Å². The molecular formula is C15H16ClFN4O2. The highest BCUT2D eigenvalue weighted by Crippen LogP contribution is 2.22. The van der Waals surface area contributed by atoms with Crippen molar-refractivity contribution >= 4 is 17.5 Å². The number of aliphatic hydroxyl groups excluding tert-OH is 1. The third-order valence-electron chi connectivity index (χ3n) is 4.08. The summed E-state index contributed by atoms with van der Waals surface area (Å²) in [5, 5.41) is 17.1. The number of nitrogens with zero attached hydrogens (tertiary/aromatic N) is 4. The van der Waals surface area contributed by atoms with Crippen molar-refractivity contribution in [2.45, 2.75) is 13.3 Å². The van der Waals surface area contributed by atoms with Crippen LogP contribution in [0.5, 0.6) is 0 Å². The summed E-state index contributed by atoms with van der Waals surface area (Å²) in [4.78, 5) is 14.2. The van der Waals surface area contributed by atoms with Gasteiger partial charge in [-0.2, -0.15) is 0 Å². The van der Waals surface area contributed by atoms with Crippen LogP contribution in [0.25, 0.3) is 5.69 Å². The Kier molecular flexibility index (Phi) is 4.32. The first-order chi connectivity index (χ1) is 11.0. The molecule has 1 atom stereocenters. The van der Waals surface area contributed by atoms with Crippen molar-refractivity contribution in [2.24, 2.45) is 5.92 Å². The van der Waals surface area contributed by atoms with Crippen molar-refractivity contribution in [3.63, 3.8) is 0 Å². The van der Waals surface area contributed by atoms with E-state index in [0.29, 0.717) is 24.5 Å². The lowest BCUT2D eigenvalue weighted by atomic mass is 10.1. The second kappa shape index (κ2) is 6.25. The van der Waals surface area contributed by atoms with E-state index in [9.17, 15) is 14.3 Å². The predicted molar refractivity (Wildman–Crippen MR) is 82.2 cm³/mol.